The summed E-state index contributed by atoms with van der Waals surface area (Å²) in [5.41, 5.74) is 0. The van der Waals surface area contributed by atoms with Gasteiger partial charge in [-0.3, -0.25) is 0 Å². The molecule has 2 heteroatoms. The van der Waals surface area contributed by atoms with Crippen LogP contribution in [0.25, 0.3) is 0 Å². The van der Waals surface area contributed by atoms with Crippen LogP contribution in [0.15, 0.2) is 0 Å². The van der Waals surface area contributed by atoms with Crippen molar-refractivity contribution in [3.8, 4) is 0 Å². The van der Waals surface area contributed by atoms with Crippen LogP contribution in [0.5, 0.6) is 0 Å². The predicted molar refractivity (Wildman–Crippen MR) is 51.0 cm³/mol. The smallest absolute Gasteiger partial charge is 0.00177 e. The van der Waals surface area contributed by atoms with E-state index in [1.807, 2.05) is 0 Å². The Labute approximate surface area is 73.5 Å². The van der Waals surface area contributed by atoms with E-state index in [2.05, 4.69) is 23.6 Å². The average Bonchev–Trinajstić information content (AvgIpc) is 2.03. The molecule has 2 bridgehead atoms. The fourth-order valence-electron chi connectivity index (χ4n) is 2.33. The molecule has 2 aliphatic rings. The van der Waals surface area contributed by atoms with Crippen molar-refractivity contribution in [3.05, 3.63) is 0 Å². The lowest BCUT2D eigenvalue weighted by Gasteiger charge is -2.40. The van der Waals surface area contributed by atoms with Gasteiger partial charge in [0.1, 0.15) is 0 Å². The standard InChI is InChI=1S/C9H17NS/c1-2-10-4-8-3-9(5-10)7-11-6-8/h8-9H,2-7H2,1H3. The minimum Gasteiger partial charge on any atom is -0.303 e. The number of nitrogens with zero attached hydrogens (tertiary/aromatic N) is 1. The molecule has 2 unspecified atom stereocenters. The fraction of sp³-hybridized carbons (Fsp3) is 1.00. The molecular weight excluding hydrogens is 154 g/mol. The van der Waals surface area contributed by atoms with E-state index in [1.54, 1.807) is 0 Å². The summed E-state index contributed by atoms with van der Waals surface area (Å²) >= 11 is 2.17. The lowest BCUT2D eigenvalue weighted by molar-refractivity contribution is 0.147. The van der Waals surface area contributed by atoms with Crippen molar-refractivity contribution in [3.63, 3.8) is 0 Å². The molecule has 0 N–H and O–H groups in total. The third kappa shape index (κ3) is 1.73. The van der Waals surface area contributed by atoms with Crippen molar-refractivity contribution >= 4 is 11.8 Å². The van der Waals surface area contributed by atoms with Crippen LogP contribution in [-0.4, -0.2) is 36.0 Å². The van der Waals surface area contributed by atoms with Gasteiger partial charge in [0.25, 0.3) is 0 Å². The van der Waals surface area contributed by atoms with Crippen LogP contribution in [0, 0.1) is 11.8 Å². The SMILES string of the molecule is CCN1CC2CSCC(C2)C1. The number of rotatable bonds is 1. The molecule has 2 fully saturated rings. The van der Waals surface area contributed by atoms with Gasteiger partial charge in [0, 0.05) is 13.1 Å². The second-order valence-corrected chi connectivity index (χ2v) is 4.93. The van der Waals surface area contributed by atoms with E-state index < -0.39 is 0 Å². The van der Waals surface area contributed by atoms with Crippen molar-refractivity contribution in [2.45, 2.75) is 13.3 Å². The Morgan fingerprint density at radius 3 is 2.45 bits per heavy atom. The Hall–Kier alpha value is 0.310. The van der Waals surface area contributed by atoms with Gasteiger partial charge in [-0.25, -0.2) is 0 Å². The normalized spacial score (nSPS) is 39.0. The van der Waals surface area contributed by atoms with Crippen molar-refractivity contribution in [1.82, 2.24) is 4.90 Å². The number of hydrogen-bond acceptors (Lipinski definition) is 2. The van der Waals surface area contributed by atoms with E-state index in [1.165, 1.54) is 37.6 Å². The van der Waals surface area contributed by atoms with E-state index in [9.17, 15) is 0 Å². The maximum absolute atomic E-state index is 2.62. The molecule has 2 heterocycles. The molecule has 0 aromatic rings. The summed E-state index contributed by atoms with van der Waals surface area (Å²) in [4.78, 5) is 2.62. The monoisotopic (exact) mass is 171 g/mol. The Kier molecular flexibility index (Phi) is 2.42. The Morgan fingerprint density at radius 2 is 1.91 bits per heavy atom. The average molecular weight is 171 g/mol. The Morgan fingerprint density at radius 1 is 1.27 bits per heavy atom. The van der Waals surface area contributed by atoms with Crippen LogP contribution in [0.3, 0.4) is 0 Å². The zero-order chi connectivity index (χ0) is 7.68. The second kappa shape index (κ2) is 3.36. The van der Waals surface area contributed by atoms with Gasteiger partial charge in [0.15, 0.2) is 0 Å². The quantitative estimate of drug-likeness (QED) is 0.590. The lowest BCUT2D eigenvalue weighted by atomic mass is 9.91. The number of likely N-dealkylation sites (tertiary alicyclic amines) is 1. The van der Waals surface area contributed by atoms with Crippen LogP contribution < -0.4 is 0 Å². The van der Waals surface area contributed by atoms with Gasteiger partial charge < -0.3 is 4.90 Å². The zero-order valence-electron chi connectivity index (χ0n) is 7.25. The highest BCUT2D eigenvalue weighted by molar-refractivity contribution is 7.99. The summed E-state index contributed by atoms with van der Waals surface area (Å²) in [6.45, 7) is 6.30. The fourth-order valence-corrected chi connectivity index (χ4v) is 3.61. The first-order chi connectivity index (χ1) is 5.38. The lowest BCUT2D eigenvalue weighted by Crippen LogP contribution is -2.44. The van der Waals surface area contributed by atoms with E-state index in [0.29, 0.717) is 0 Å². The van der Waals surface area contributed by atoms with E-state index >= 15 is 0 Å². The van der Waals surface area contributed by atoms with Gasteiger partial charge in [-0.2, -0.15) is 11.8 Å². The maximum Gasteiger partial charge on any atom is 0.00177 e. The topological polar surface area (TPSA) is 3.24 Å². The van der Waals surface area contributed by atoms with Gasteiger partial charge >= 0.3 is 0 Å². The summed E-state index contributed by atoms with van der Waals surface area (Å²) < 4.78 is 0. The van der Waals surface area contributed by atoms with Gasteiger partial charge in [0.05, 0.1) is 0 Å². The maximum atomic E-state index is 2.62. The molecule has 0 saturated carbocycles. The zero-order valence-corrected chi connectivity index (χ0v) is 8.07. The molecule has 2 aliphatic heterocycles. The Bertz CT molecular complexity index is 126. The molecule has 2 rings (SSSR count). The van der Waals surface area contributed by atoms with Crippen LogP contribution in [0.4, 0.5) is 0 Å². The summed E-state index contributed by atoms with van der Waals surface area (Å²) in [5, 5.41) is 0. The van der Waals surface area contributed by atoms with Crippen molar-refractivity contribution in [1.29, 1.82) is 0 Å². The van der Waals surface area contributed by atoms with Crippen LogP contribution >= 0.6 is 11.8 Å². The minimum atomic E-state index is 1.02. The predicted octanol–water partition coefficient (Wildman–Crippen LogP) is 1.69. The second-order valence-electron chi connectivity index (χ2n) is 3.86. The molecule has 2 saturated heterocycles. The molecule has 0 amide bonds. The minimum absolute atomic E-state index is 1.02. The molecule has 64 valence electrons. The van der Waals surface area contributed by atoms with Crippen LogP contribution in [0.1, 0.15) is 13.3 Å². The molecule has 0 aromatic carbocycles. The molecule has 0 spiro atoms. The molecule has 0 radical (unpaired) electrons. The molecule has 0 aliphatic carbocycles. The largest absolute Gasteiger partial charge is 0.303 e. The molecule has 2 atom stereocenters. The van der Waals surface area contributed by atoms with Crippen molar-refractivity contribution < 1.29 is 0 Å². The molecule has 1 nitrogen and oxygen atoms in total. The van der Waals surface area contributed by atoms with E-state index in [0.717, 1.165) is 11.8 Å². The van der Waals surface area contributed by atoms with Crippen LogP contribution in [0.2, 0.25) is 0 Å². The number of piperidine rings is 1. The summed E-state index contributed by atoms with van der Waals surface area (Å²) in [5.74, 6) is 4.89. The molecule has 0 aromatic heterocycles. The van der Waals surface area contributed by atoms with Gasteiger partial charge in [-0.1, -0.05) is 6.92 Å². The first kappa shape index (κ1) is 7.93. The number of thioether (sulfide) groups is 1. The molecular formula is C9H17NS. The van der Waals surface area contributed by atoms with Crippen molar-refractivity contribution in [2.75, 3.05) is 31.1 Å². The van der Waals surface area contributed by atoms with Crippen molar-refractivity contribution in [2.24, 2.45) is 11.8 Å². The Balaban J connectivity index is 1.94. The summed E-state index contributed by atoms with van der Waals surface area (Å²) in [6, 6.07) is 0. The third-order valence-electron chi connectivity index (χ3n) is 2.85. The highest BCUT2D eigenvalue weighted by Gasteiger charge is 2.29. The van der Waals surface area contributed by atoms with Crippen LogP contribution in [-0.2, 0) is 0 Å². The van der Waals surface area contributed by atoms with Gasteiger partial charge in [0.2, 0.25) is 0 Å². The van der Waals surface area contributed by atoms with Gasteiger partial charge in [-0.05, 0) is 36.3 Å². The first-order valence-corrected chi connectivity index (χ1v) is 5.84. The van der Waals surface area contributed by atoms with E-state index in [4.69, 9.17) is 0 Å². The van der Waals surface area contributed by atoms with Gasteiger partial charge in [-0.15, -0.1) is 0 Å². The summed E-state index contributed by atoms with van der Waals surface area (Å²) in [6.07, 6.45) is 1.52. The summed E-state index contributed by atoms with van der Waals surface area (Å²) in [7, 11) is 0. The first-order valence-electron chi connectivity index (χ1n) is 4.68. The third-order valence-corrected chi connectivity index (χ3v) is 4.27. The highest BCUT2D eigenvalue weighted by Crippen LogP contribution is 2.32. The number of hydrogen-bond donors (Lipinski definition) is 0. The highest BCUT2D eigenvalue weighted by atomic mass is 32.2. The number of fused-ring (bicyclic) bond motifs is 2. The molecule has 11 heavy (non-hydrogen) atoms. The van der Waals surface area contributed by atoms with E-state index in [-0.39, 0.29) is 0 Å².